The van der Waals surface area contributed by atoms with Crippen LogP contribution in [0.15, 0.2) is 54.6 Å². The first kappa shape index (κ1) is 18.9. The van der Waals surface area contributed by atoms with Gasteiger partial charge in [-0.15, -0.1) is 0 Å². The summed E-state index contributed by atoms with van der Waals surface area (Å²) in [4.78, 5) is 15.0. The SMILES string of the molecule is CCN(Cc1ccccc1C)C(=O)c1cccc(Cn2nc(C)cc2C)c1. The number of rotatable bonds is 6. The van der Waals surface area contributed by atoms with E-state index in [2.05, 4.69) is 37.1 Å². The van der Waals surface area contributed by atoms with E-state index in [1.807, 2.05) is 59.8 Å². The summed E-state index contributed by atoms with van der Waals surface area (Å²) in [6.07, 6.45) is 0. The van der Waals surface area contributed by atoms with E-state index in [1.165, 1.54) is 11.1 Å². The third-order valence-corrected chi connectivity index (χ3v) is 4.90. The summed E-state index contributed by atoms with van der Waals surface area (Å²) in [7, 11) is 0. The molecule has 0 unspecified atom stereocenters. The minimum Gasteiger partial charge on any atom is -0.335 e. The summed E-state index contributed by atoms with van der Waals surface area (Å²) in [5.41, 5.74) is 6.34. The zero-order valence-corrected chi connectivity index (χ0v) is 16.6. The molecule has 4 nitrogen and oxygen atoms in total. The maximum atomic E-state index is 13.1. The van der Waals surface area contributed by atoms with E-state index >= 15 is 0 Å². The number of carbonyl (C=O) groups excluding carboxylic acids is 1. The van der Waals surface area contributed by atoms with E-state index in [4.69, 9.17) is 0 Å². The average molecular weight is 361 g/mol. The number of benzene rings is 2. The van der Waals surface area contributed by atoms with Crippen LogP contribution >= 0.6 is 0 Å². The summed E-state index contributed by atoms with van der Waals surface area (Å²) >= 11 is 0. The van der Waals surface area contributed by atoms with E-state index in [-0.39, 0.29) is 5.91 Å². The molecule has 1 heterocycles. The number of nitrogens with zero attached hydrogens (tertiary/aromatic N) is 3. The van der Waals surface area contributed by atoms with Gasteiger partial charge in [0.2, 0.25) is 0 Å². The Bertz CT molecular complexity index is 942. The first-order valence-corrected chi connectivity index (χ1v) is 9.41. The lowest BCUT2D eigenvalue weighted by Gasteiger charge is -2.22. The largest absolute Gasteiger partial charge is 0.335 e. The first-order chi connectivity index (χ1) is 13.0. The van der Waals surface area contributed by atoms with Crippen molar-refractivity contribution in [2.75, 3.05) is 6.54 Å². The smallest absolute Gasteiger partial charge is 0.254 e. The molecule has 0 spiro atoms. The van der Waals surface area contributed by atoms with Crippen molar-refractivity contribution >= 4 is 5.91 Å². The normalized spacial score (nSPS) is 10.8. The van der Waals surface area contributed by atoms with Crippen LogP contribution in [0.25, 0.3) is 0 Å². The van der Waals surface area contributed by atoms with E-state index in [1.54, 1.807) is 0 Å². The molecule has 3 rings (SSSR count). The molecule has 2 aromatic carbocycles. The Kier molecular flexibility index (Phi) is 5.75. The Hall–Kier alpha value is -2.88. The Morgan fingerprint density at radius 3 is 2.48 bits per heavy atom. The summed E-state index contributed by atoms with van der Waals surface area (Å²) in [6.45, 7) is 10.1. The minimum atomic E-state index is 0.0657. The van der Waals surface area contributed by atoms with Crippen molar-refractivity contribution in [3.8, 4) is 0 Å². The van der Waals surface area contributed by atoms with Gasteiger partial charge in [-0.2, -0.15) is 5.10 Å². The predicted octanol–water partition coefficient (Wildman–Crippen LogP) is 4.52. The third kappa shape index (κ3) is 4.45. The predicted molar refractivity (Wildman–Crippen MR) is 109 cm³/mol. The number of carbonyl (C=O) groups is 1. The Morgan fingerprint density at radius 2 is 1.81 bits per heavy atom. The second-order valence-electron chi connectivity index (χ2n) is 7.03. The molecule has 140 valence electrons. The van der Waals surface area contributed by atoms with Crippen molar-refractivity contribution in [2.45, 2.75) is 40.8 Å². The molecule has 0 fully saturated rings. The fourth-order valence-corrected chi connectivity index (χ4v) is 3.31. The van der Waals surface area contributed by atoms with Crippen LogP contribution in [0.4, 0.5) is 0 Å². The summed E-state index contributed by atoms with van der Waals surface area (Å²) in [5.74, 6) is 0.0657. The van der Waals surface area contributed by atoms with Crippen LogP contribution in [-0.2, 0) is 13.1 Å². The molecule has 0 radical (unpaired) electrons. The average Bonchev–Trinajstić information content (AvgIpc) is 2.97. The van der Waals surface area contributed by atoms with Gasteiger partial charge in [0.05, 0.1) is 12.2 Å². The zero-order chi connectivity index (χ0) is 19.4. The maximum Gasteiger partial charge on any atom is 0.254 e. The van der Waals surface area contributed by atoms with Crippen LogP contribution in [-0.4, -0.2) is 27.1 Å². The highest BCUT2D eigenvalue weighted by Gasteiger charge is 2.16. The van der Waals surface area contributed by atoms with Crippen molar-refractivity contribution in [1.82, 2.24) is 14.7 Å². The van der Waals surface area contributed by atoms with Crippen LogP contribution in [0, 0.1) is 20.8 Å². The van der Waals surface area contributed by atoms with Gasteiger partial charge in [-0.3, -0.25) is 9.48 Å². The summed E-state index contributed by atoms with van der Waals surface area (Å²) < 4.78 is 1.98. The van der Waals surface area contributed by atoms with Crippen LogP contribution in [0.1, 0.15) is 45.4 Å². The number of hydrogen-bond acceptors (Lipinski definition) is 2. The van der Waals surface area contributed by atoms with Crippen LogP contribution in [0.3, 0.4) is 0 Å². The maximum absolute atomic E-state index is 13.1. The highest BCUT2D eigenvalue weighted by Crippen LogP contribution is 2.15. The van der Waals surface area contributed by atoms with Gasteiger partial charge >= 0.3 is 0 Å². The molecule has 1 aromatic heterocycles. The highest BCUT2D eigenvalue weighted by atomic mass is 16.2. The van der Waals surface area contributed by atoms with Crippen molar-refractivity contribution in [3.63, 3.8) is 0 Å². The summed E-state index contributed by atoms with van der Waals surface area (Å²) in [6, 6.07) is 18.2. The van der Waals surface area contributed by atoms with Gasteiger partial charge in [-0.25, -0.2) is 0 Å². The lowest BCUT2D eigenvalue weighted by molar-refractivity contribution is 0.0752. The second-order valence-corrected chi connectivity index (χ2v) is 7.03. The lowest BCUT2D eigenvalue weighted by atomic mass is 10.1. The molecular weight excluding hydrogens is 334 g/mol. The third-order valence-electron chi connectivity index (χ3n) is 4.90. The standard InChI is InChI=1S/C23H27N3O/c1-5-25(16-22-11-7-6-9-17(22)2)23(27)21-12-8-10-20(14-21)15-26-19(4)13-18(3)24-26/h6-14H,5,15-16H2,1-4H3. The molecule has 3 aromatic rings. The molecule has 27 heavy (non-hydrogen) atoms. The van der Waals surface area contributed by atoms with Gasteiger partial charge in [0.15, 0.2) is 0 Å². The Labute approximate surface area is 161 Å². The topological polar surface area (TPSA) is 38.1 Å². The van der Waals surface area contributed by atoms with Crippen molar-refractivity contribution < 1.29 is 4.79 Å². The highest BCUT2D eigenvalue weighted by molar-refractivity contribution is 5.94. The van der Waals surface area contributed by atoms with Crippen LogP contribution in [0.5, 0.6) is 0 Å². The molecule has 0 saturated carbocycles. The van der Waals surface area contributed by atoms with Gasteiger partial charge in [-0.1, -0.05) is 36.4 Å². The van der Waals surface area contributed by atoms with E-state index in [9.17, 15) is 4.79 Å². The zero-order valence-electron chi connectivity index (χ0n) is 16.6. The fraction of sp³-hybridized carbons (Fsp3) is 0.304. The Morgan fingerprint density at radius 1 is 1.04 bits per heavy atom. The molecule has 0 bridgehead atoms. The number of aryl methyl sites for hydroxylation is 3. The second kappa shape index (κ2) is 8.21. The number of amides is 1. The Balaban J connectivity index is 1.79. The first-order valence-electron chi connectivity index (χ1n) is 9.41. The molecule has 0 aliphatic rings. The van der Waals surface area contributed by atoms with E-state index in [0.29, 0.717) is 19.6 Å². The quantitative estimate of drug-likeness (QED) is 0.647. The molecule has 0 atom stereocenters. The van der Waals surface area contributed by atoms with Gasteiger partial charge in [0.25, 0.3) is 5.91 Å². The van der Waals surface area contributed by atoms with Gasteiger partial charge in [0.1, 0.15) is 0 Å². The molecule has 0 N–H and O–H groups in total. The van der Waals surface area contributed by atoms with Gasteiger partial charge < -0.3 is 4.90 Å². The van der Waals surface area contributed by atoms with E-state index < -0.39 is 0 Å². The molecule has 1 amide bonds. The molecular formula is C23H27N3O. The molecule has 0 aliphatic carbocycles. The van der Waals surface area contributed by atoms with Gasteiger partial charge in [0, 0.05) is 24.3 Å². The lowest BCUT2D eigenvalue weighted by Crippen LogP contribution is -2.30. The molecule has 4 heteroatoms. The number of hydrogen-bond donors (Lipinski definition) is 0. The fourth-order valence-electron chi connectivity index (χ4n) is 3.31. The van der Waals surface area contributed by atoms with Crippen LogP contribution < -0.4 is 0 Å². The number of aromatic nitrogens is 2. The van der Waals surface area contributed by atoms with Crippen LogP contribution in [0.2, 0.25) is 0 Å². The van der Waals surface area contributed by atoms with Crippen molar-refractivity contribution in [3.05, 3.63) is 88.2 Å². The van der Waals surface area contributed by atoms with E-state index in [0.717, 1.165) is 22.5 Å². The molecule has 0 aliphatic heterocycles. The molecule has 0 saturated heterocycles. The van der Waals surface area contributed by atoms with Gasteiger partial charge in [-0.05, 0) is 62.6 Å². The minimum absolute atomic E-state index is 0.0657. The monoisotopic (exact) mass is 361 g/mol. The van der Waals surface area contributed by atoms with Crippen molar-refractivity contribution in [1.29, 1.82) is 0 Å². The summed E-state index contributed by atoms with van der Waals surface area (Å²) in [5, 5.41) is 4.52. The van der Waals surface area contributed by atoms with Crippen molar-refractivity contribution in [2.24, 2.45) is 0 Å².